The predicted molar refractivity (Wildman–Crippen MR) is 176 cm³/mol. The van der Waals surface area contributed by atoms with Crippen LogP contribution in [0.1, 0.15) is 36.9 Å². The molecular weight excluding hydrogens is 733 g/mol. The van der Waals surface area contributed by atoms with Gasteiger partial charge in [-0.15, -0.1) is 0 Å². The lowest BCUT2D eigenvalue weighted by molar-refractivity contribution is -0.141. The number of hydrogen-bond donors (Lipinski definition) is 0. The molecule has 3 aromatic heterocycles. The van der Waals surface area contributed by atoms with Crippen molar-refractivity contribution in [1.82, 2.24) is 14.5 Å². The number of carbonyl (C=O) groups is 1. The van der Waals surface area contributed by atoms with Gasteiger partial charge in [0.2, 0.25) is 0 Å². The summed E-state index contributed by atoms with van der Waals surface area (Å²) in [5.74, 6) is 0.246. The predicted octanol–water partition coefficient (Wildman–Crippen LogP) is 6.79. The number of fused-ring (bicyclic) bond motifs is 1. The molecule has 0 saturated heterocycles. The smallest absolute Gasteiger partial charge is 0.433 e. The Morgan fingerprint density at radius 1 is 1.12 bits per heavy atom. The maximum Gasteiger partial charge on any atom is 0.433 e. The zero-order chi connectivity index (χ0) is 34.2. The number of furan rings is 1. The molecule has 0 fully saturated rings. The lowest BCUT2D eigenvalue weighted by atomic mass is 9.96. The zero-order valence-electron chi connectivity index (χ0n) is 25.4. The van der Waals surface area contributed by atoms with Crippen LogP contribution in [0, 0.1) is 0 Å². The van der Waals surface area contributed by atoms with Crippen LogP contribution in [-0.4, -0.2) is 34.2 Å². The van der Waals surface area contributed by atoms with Gasteiger partial charge in [0.1, 0.15) is 17.2 Å². The van der Waals surface area contributed by atoms with Crippen LogP contribution in [0.5, 0.6) is 5.75 Å². The van der Waals surface area contributed by atoms with Gasteiger partial charge in [-0.3, -0.25) is 9.36 Å². The topological polar surface area (TPSA) is 109 Å². The number of esters is 1. The number of carbonyl (C=O) groups excluding carboxylic acids is 1. The van der Waals surface area contributed by atoms with E-state index in [0.29, 0.717) is 31.8 Å². The summed E-state index contributed by atoms with van der Waals surface area (Å²) < 4.78 is 60.0. The maximum atomic E-state index is 13.9. The molecular formula is C33H24BrF3N4O5S2. The summed E-state index contributed by atoms with van der Waals surface area (Å²) in [6, 6.07) is 16.9. The monoisotopic (exact) mass is 756 g/mol. The van der Waals surface area contributed by atoms with Gasteiger partial charge in [-0.25, -0.2) is 19.8 Å². The van der Waals surface area contributed by atoms with Crippen molar-refractivity contribution in [2.75, 3.05) is 13.7 Å². The third kappa shape index (κ3) is 6.75. The van der Waals surface area contributed by atoms with E-state index in [9.17, 15) is 22.8 Å². The van der Waals surface area contributed by atoms with E-state index in [2.05, 4.69) is 30.9 Å². The first-order valence-corrected chi connectivity index (χ1v) is 16.7. The van der Waals surface area contributed by atoms with Gasteiger partial charge in [-0.05, 0) is 77.4 Å². The Balaban J connectivity index is 1.38. The molecule has 0 bridgehead atoms. The Morgan fingerprint density at radius 3 is 2.58 bits per heavy atom. The van der Waals surface area contributed by atoms with Gasteiger partial charge >= 0.3 is 12.1 Å². The van der Waals surface area contributed by atoms with Crippen molar-refractivity contribution in [2.45, 2.75) is 36.3 Å². The summed E-state index contributed by atoms with van der Waals surface area (Å²) in [6.45, 7) is 3.51. The molecule has 15 heteroatoms. The zero-order valence-corrected chi connectivity index (χ0v) is 28.6. The molecule has 0 aliphatic carbocycles. The summed E-state index contributed by atoms with van der Waals surface area (Å²) in [4.78, 5) is 40.1. The van der Waals surface area contributed by atoms with E-state index in [0.717, 1.165) is 29.2 Å². The van der Waals surface area contributed by atoms with Crippen molar-refractivity contribution < 1.29 is 31.9 Å². The molecule has 0 amide bonds. The minimum absolute atomic E-state index is 0.115. The lowest BCUT2D eigenvalue weighted by Gasteiger charge is -2.25. The Labute approximate surface area is 287 Å². The van der Waals surface area contributed by atoms with Gasteiger partial charge in [0.05, 0.1) is 45.7 Å². The highest BCUT2D eigenvalue weighted by Gasteiger charge is 2.35. The highest BCUT2D eigenvalue weighted by atomic mass is 79.9. The lowest BCUT2D eigenvalue weighted by Crippen LogP contribution is -2.39. The van der Waals surface area contributed by atoms with E-state index in [1.54, 1.807) is 74.5 Å². The molecule has 1 atom stereocenters. The summed E-state index contributed by atoms with van der Waals surface area (Å²) in [5.41, 5.74) is 0.368. The van der Waals surface area contributed by atoms with Gasteiger partial charge in [0, 0.05) is 11.6 Å². The quantitative estimate of drug-likeness (QED) is 0.126. The van der Waals surface area contributed by atoms with Crippen LogP contribution in [0.15, 0.2) is 107 Å². The summed E-state index contributed by atoms with van der Waals surface area (Å²) in [7, 11) is 1.53. The average molecular weight is 758 g/mol. The fourth-order valence-electron chi connectivity index (χ4n) is 5.02. The molecule has 48 heavy (non-hydrogen) atoms. The third-order valence-electron chi connectivity index (χ3n) is 7.14. The molecule has 0 N–H and O–H groups in total. The van der Waals surface area contributed by atoms with E-state index in [1.807, 2.05) is 0 Å². The van der Waals surface area contributed by atoms with Gasteiger partial charge < -0.3 is 13.9 Å². The number of alkyl halides is 3. The number of aromatic nitrogens is 3. The largest absolute Gasteiger partial charge is 0.496 e. The minimum atomic E-state index is -4.68. The van der Waals surface area contributed by atoms with Crippen LogP contribution in [0.4, 0.5) is 13.2 Å². The average Bonchev–Trinajstić information content (AvgIpc) is 3.62. The Bertz CT molecular complexity index is 2250. The van der Waals surface area contributed by atoms with E-state index < -0.39 is 29.4 Å². The molecule has 0 saturated carbocycles. The Hall–Kier alpha value is -4.47. The van der Waals surface area contributed by atoms with Crippen LogP contribution in [0.3, 0.4) is 0 Å². The molecule has 2 aromatic carbocycles. The number of methoxy groups -OCH3 is 1. The normalized spacial score (nSPS) is 14.9. The fraction of sp³-hybridized carbons (Fsp3) is 0.182. The first-order chi connectivity index (χ1) is 23.0. The number of halogens is 4. The van der Waals surface area contributed by atoms with Crippen molar-refractivity contribution in [3.05, 3.63) is 119 Å². The van der Waals surface area contributed by atoms with Gasteiger partial charge in [-0.1, -0.05) is 47.7 Å². The van der Waals surface area contributed by atoms with E-state index in [4.69, 9.17) is 13.9 Å². The number of ether oxygens (including phenoxy) is 2. The fourth-order valence-corrected chi connectivity index (χ4v) is 7.35. The van der Waals surface area contributed by atoms with Crippen LogP contribution in [0.25, 0.3) is 17.3 Å². The molecule has 9 nitrogen and oxygen atoms in total. The van der Waals surface area contributed by atoms with E-state index >= 15 is 0 Å². The van der Waals surface area contributed by atoms with Crippen molar-refractivity contribution in [2.24, 2.45) is 4.99 Å². The molecule has 6 rings (SSSR count). The van der Waals surface area contributed by atoms with Crippen LogP contribution in [-0.2, 0) is 15.7 Å². The van der Waals surface area contributed by atoms with Crippen molar-refractivity contribution >= 4 is 51.1 Å². The maximum absolute atomic E-state index is 13.9. The standard InChI is InChI=1S/C33H24BrF3N4O5S2/c1-4-45-30(43)27-17(2)38-32-41(28(27)19-10-12-23(44-3)21(34)14-19)29(42)24(47-32)15-20-11-13-26(46-20)48-31-39-22(18-8-6-5-7-9-18)16-25(40-31)33(35,36)37/h5-16,28H,4H2,1-3H3/b24-15+/t28-/m0/s1. The molecule has 0 radical (unpaired) electrons. The first kappa shape index (κ1) is 33.4. The molecule has 0 spiro atoms. The van der Waals surface area contributed by atoms with Crippen molar-refractivity contribution in [3.63, 3.8) is 0 Å². The SMILES string of the molecule is CCOC(=O)C1=C(C)N=c2s/c(=C/c3ccc(Sc4nc(-c5ccccc5)cc(C(F)(F)F)n4)o3)c(=O)n2[C@H]1c1ccc(OC)c(Br)c1. The molecule has 1 aliphatic heterocycles. The van der Waals surface area contributed by atoms with Gasteiger partial charge in [0.25, 0.3) is 5.56 Å². The number of allylic oxidation sites excluding steroid dienone is 1. The van der Waals surface area contributed by atoms with Gasteiger partial charge in [-0.2, -0.15) is 13.2 Å². The summed E-state index contributed by atoms with van der Waals surface area (Å²) in [5, 5.41) is 0.0605. The molecule has 5 aromatic rings. The van der Waals surface area contributed by atoms with Crippen molar-refractivity contribution in [3.8, 4) is 17.0 Å². The Morgan fingerprint density at radius 2 is 1.90 bits per heavy atom. The van der Waals surface area contributed by atoms with E-state index in [-0.39, 0.29) is 38.4 Å². The minimum Gasteiger partial charge on any atom is -0.496 e. The number of rotatable bonds is 8. The highest BCUT2D eigenvalue weighted by molar-refractivity contribution is 9.10. The van der Waals surface area contributed by atoms with Gasteiger partial charge in [0.15, 0.2) is 15.1 Å². The number of benzene rings is 2. The second kappa shape index (κ2) is 13.6. The number of nitrogens with zero attached hydrogens (tertiary/aromatic N) is 4. The highest BCUT2D eigenvalue weighted by Crippen LogP contribution is 2.36. The number of thiazole rings is 1. The third-order valence-corrected chi connectivity index (χ3v) is 9.53. The van der Waals surface area contributed by atoms with Crippen LogP contribution in [0.2, 0.25) is 0 Å². The Kier molecular flexibility index (Phi) is 9.45. The second-order valence-corrected chi connectivity index (χ2v) is 13.1. The van der Waals surface area contributed by atoms with Crippen LogP contribution < -0.4 is 19.6 Å². The second-order valence-electron chi connectivity index (χ2n) is 10.2. The first-order valence-electron chi connectivity index (χ1n) is 14.3. The molecule has 1 aliphatic rings. The van der Waals surface area contributed by atoms with E-state index in [1.165, 1.54) is 17.8 Å². The summed E-state index contributed by atoms with van der Waals surface area (Å²) in [6.07, 6.45) is -3.17. The molecule has 246 valence electrons. The molecule has 0 unspecified atom stereocenters. The summed E-state index contributed by atoms with van der Waals surface area (Å²) >= 11 is 5.41. The van der Waals surface area contributed by atoms with Crippen molar-refractivity contribution in [1.29, 1.82) is 0 Å². The van der Waals surface area contributed by atoms with Crippen LogP contribution >= 0.6 is 39.0 Å². The molecule has 4 heterocycles. The number of hydrogen-bond acceptors (Lipinski definition) is 10.